The zero-order valence-corrected chi connectivity index (χ0v) is 10.1. The first-order valence-electron chi connectivity index (χ1n) is 6.03. The van der Waals surface area contributed by atoms with Crippen LogP contribution >= 0.6 is 0 Å². The quantitative estimate of drug-likeness (QED) is 0.494. The largest absolute Gasteiger partial charge is 0.481 e. The Labute approximate surface area is 105 Å². The van der Waals surface area contributed by atoms with Gasteiger partial charge in [0.05, 0.1) is 19.0 Å². The van der Waals surface area contributed by atoms with Crippen molar-refractivity contribution in [2.24, 2.45) is 11.7 Å². The summed E-state index contributed by atoms with van der Waals surface area (Å²) in [5.74, 6) is -2.21. The number of rotatable bonds is 5. The molecule has 2 unspecified atom stereocenters. The minimum absolute atomic E-state index is 0.168. The molecule has 7 nitrogen and oxygen atoms in total. The average molecular weight is 257 g/mol. The number of carbonyl (C=O) groups is 3. The van der Waals surface area contributed by atoms with Crippen LogP contribution in [0.25, 0.3) is 0 Å². The van der Waals surface area contributed by atoms with Crippen molar-refractivity contribution in [2.45, 2.75) is 31.7 Å². The molecular weight excluding hydrogens is 238 g/mol. The average Bonchev–Trinajstić information content (AvgIpc) is 2.36. The fourth-order valence-corrected chi connectivity index (χ4v) is 2.11. The first-order chi connectivity index (χ1) is 8.54. The van der Waals surface area contributed by atoms with Gasteiger partial charge in [-0.05, 0) is 12.8 Å². The molecule has 102 valence electrons. The number of carboxylic acid groups (broad SMARTS) is 1. The molecule has 0 bridgehead atoms. The number of aliphatic carboxylic acids is 1. The lowest BCUT2D eigenvalue weighted by atomic mass is 9.84. The maximum absolute atomic E-state index is 11.5. The molecule has 7 heteroatoms. The zero-order chi connectivity index (χ0) is 13.5. The lowest BCUT2D eigenvalue weighted by Crippen LogP contribution is -2.48. The van der Waals surface area contributed by atoms with E-state index in [0.29, 0.717) is 12.8 Å². The third-order valence-corrected chi connectivity index (χ3v) is 3.06. The monoisotopic (exact) mass is 257 g/mol. The van der Waals surface area contributed by atoms with Crippen LogP contribution in [0.3, 0.4) is 0 Å². The van der Waals surface area contributed by atoms with Crippen molar-refractivity contribution >= 4 is 17.8 Å². The number of amides is 2. The van der Waals surface area contributed by atoms with E-state index in [4.69, 9.17) is 10.8 Å². The Morgan fingerprint density at radius 1 is 1.17 bits per heavy atom. The Bertz CT molecular complexity index is 332. The molecule has 1 rings (SSSR count). The van der Waals surface area contributed by atoms with Gasteiger partial charge in [0.25, 0.3) is 0 Å². The minimum atomic E-state index is -0.883. The van der Waals surface area contributed by atoms with Gasteiger partial charge in [-0.25, -0.2) is 0 Å². The summed E-state index contributed by atoms with van der Waals surface area (Å²) in [6, 6.07) is -0.349. The van der Waals surface area contributed by atoms with Crippen molar-refractivity contribution in [3.63, 3.8) is 0 Å². The molecule has 1 saturated carbocycles. The van der Waals surface area contributed by atoms with E-state index in [-0.39, 0.29) is 25.0 Å². The normalized spacial score (nSPS) is 23.2. The molecule has 0 saturated heterocycles. The summed E-state index contributed by atoms with van der Waals surface area (Å²) in [5.41, 5.74) is 5.08. The van der Waals surface area contributed by atoms with Gasteiger partial charge in [-0.1, -0.05) is 12.8 Å². The Balaban J connectivity index is 2.41. The molecule has 1 fully saturated rings. The number of carboxylic acids is 1. The summed E-state index contributed by atoms with van der Waals surface area (Å²) in [4.78, 5) is 33.4. The summed E-state index contributed by atoms with van der Waals surface area (Å²) in [5, 5.41) is 14.0. The number of nitrogens with two attached hydrogens (primary N) is 1. The predicted octanol–water partition coefficient (Wildman–Crippen LogP) is -1.18. The van der Waals surface area contributed by atoms with Crippen LogP contribution in [0.2, 0.25) is 0 Å². The number of hydrogen-bond acceptors (Lipinski definition) is 4. The first-order valence-corrected chi connectivity index (χ1v) is 6.03. The van der Waals surface area contributed by atoms with Gasteiger partial charge in [-0.2, -0.15) is 0 Å². The molecule has 0 aromatic carbocycles. The van der Waals surface area contributed by atoms with Gasteiger partial charge in [0.15, 0.2) is 0 Å². The van der Waals surface area contributed by atoms with E-state index >= 15 is 0 Å². The van der Waals surface area contributed by atoms with E-state index in [0.717, 1.165) is 12.8 Å². The van der Waals surface area contributed by atoms with E-state index in [2.05, 4.69) is 10.6 Å². The first kappa shape index (κ1) is 14.4. The van der Waals surface area contributed by atoms with Crippen molar-refractivity contribution in [1.82, 2.24) is 10.6 Å². The van der Waals surface area contributed by atoms with Crippen molar-refractivity contribution in [1.29, 1.82) is 0 Å². The summed E-state index contributed by atoms with van der Waals surface area (Å²) >= 11 is 0. The molecular formula is C11H19N3O4. The summed E-state index contributed by atoms with van der Waals surface area (Å²) in [6.45, 7) is -0.340. The van der Waals surface area contributed by atoms with Gasteiger partial charge in [0, 0.05) is 6.04 Å². The van der Waals surface area contributed by atoms with Crippen LogP contribution in [0, 0.1) is 5.92 Å². The summed E-state index contributed by atoms with van der Waals surface area (Å²) < 4.78 is 0. The van der Waals surface area contributed by atoms with Crippen LogP contribution in [0.15, 0.2) is 0 Å². The molecule has 0 aromatic heterocycles. The maximum Gasteiger partial charge on any atom is 0.308 e. The highest BCUT2D eigenvalue weighted by Crippen LogP contribution is 2.24. The topological polar surface area (TPSA) is 122 Å². The molecule has 0 heterocycles. The Hall–Kier alpha value is -1.63. The zero-order valence-electron chi connectivity index (χ0n) is 10.1. The molecule has 1 aliphatic carbocycles. The fraction of sp³-hybridized carbons (Fsp3) is 0.727. The van der Waals surface area contributed by atoms with Crippen LogP contribution in [0.5, 0.6) is 0 Å². The van der Waals surface area contributed by atoms with Gasteiger partial charge in [-0.3, -0.25) is 14.4 Å². The Morgan fingerprint density at radius 3 is 2.44 bits per heavy atom. The fourth-order valence-electron chi connectivity index (χ4n) is 2.11. The summed E-state index contributed by atoms with van der Waals surface area (Å²) in [7, 11) is 0. The molecule has 1 aliphatic rings. The molecule has 0 aromatic rings. The smallest absolute Gasteiger partial charge is 0.308 e. The van der Waals surface area contributed by atoms with E-state index in [1.807, 2.05) is 0 Å². The Morgan fingerprint density at radius 2 is 1.83 bits per heavy atom. The van der Waals surface area contributed by atoms with Gasteiger partial charge in [0.1, 0.15) is 0 Å². The second kappa shape index (κ2) is 6.95. The highest BCUT2D eigenvalue weighted by Gasteiger charge is 2.31. The number of nitrogens with one attached hydrogen (secondary N) is 2. The van der Waals surface area contributed by atoms with Gasteiger partial charge in [0.2, 0.25) is 11.8 Å². The van der Waals surface area contributed by atoms with Crippen LogP contribution < -0.4 is 16.4 Å². The molecule has 2 atom stereocenters. The van der Waals surface area contributed by atoms with Crippen LogP contribution in [-0.2, 0) is 14.4 Å². The lowest BCUT2D eigenvalue weighted by molar-refractivity contribution is -0.144. The van der Waals surface area contributed by atoms with Crippen molar-refractivity contribution in [3.05, 3.63) is 0 Å². The second-order valence-corrected chi connectivity index (χ2v) is 4.38. The Kier molecular flexibility index (Phi) is 5.57. The van der Waals surface area contributed by atoms with Crippen molar-refractivity contribution in [3.8, 4) is 0 Å². The predicted molar refractivity (Wildman–Crippen MR) is 63.6 cm³/mol. The van der Waals surface area contributed by atoms with Crippen LogP contribution in [0.4, 0.5) is 0 Å². The standard InChI is InChI=1S/C11H19N3O4/c12-5-9(15)13-6-10(16)14-8-4-2-1-3-7(8)11(17)18/h7-8H,1-6,12H2,(H,13,15)(H,14,16)(H,17,18). The van der Waals surface area contributed by atoms with Crippen LogP contribution in [0.1, 0.15) is 25.7 Å². The SMILES string of the molecule is NCC(=O)NCC(=O)NC1CCCCC1C(=O)O. The third-order valence-electron chi connectivity index (χ3n) is 3.06. The van der Waals surface area contributed by atoms with Gasteiger partial charge in [-0.15, -0.1) is 0 Å². The second-order valence-electron chi connectivity index (χ2n) is 4.38. The molecule has 2 amide bonds. The maximum atomic E-state index is 11.5. The molecule has 18 heavy (non-hydrogen) atoms. The van der Waals surface area contributed by atoms with E-state index in [9.17, 15) is 14.4 Å². The lowest BCUT2D eigenvalue weighted by Gasteiger charge is -2.29. The number of hydrogen-bond donors (Lipinski definition) is 4. The van der Waals surface area contributed by atoms with E-state index in [1.54, 1.807) is 0 Å². The minimum Gasteiger partial charge on any atom is -0.481 e. The summed E-state index contributed by atoms with van der Waals surface area (Å²) in [6.07, 6.45) is 3.01. The number of carbonyl (C=O) groups excluding carboxylic acids is 2. The third kappa shape index (κ3) is 4.33. The van der Waals surface area contributed by atoms with E-state index in [1.165, 1.54) is 0 Å². The van der Waals surface area contributed by atoms with E-state index < -0.39 is 17.8 Å². The molecule has 0 radical (unpaired) electrons. The van der Waals surface area contributed by atoms with Crippen LogP contribution in [-0.4, -0.2) is 42.0 Å². The van der Waals surface area contributed by atoms with Crippen molar-refractivity contribution in [2.75, 3.05) is 13.1 Å². The van der Waals surface area contributed by atoms with Gasteiger partial charge < -0.3 is 21.5 Å². The molecule has 5 N–H and O–H groups in total. The van der Waals surface area contributed by atoms with Crippen molar-refractivity contribution < 1.29 is 19.5 Å². The molecule has 0 aliphatic heterocycles. The highest BCUT2D eigenvalue weighted by atomic mass is 16.4. The van der Waals surface area contributed by atoms with Gasteiger partial charge >= 0.3 is 5.97 Å². The highest BCUT2D eigenvalue weighted by molar-refractivity contribution is 5.86. The molecule has 0 spiro atoms.